The largest absolute Gasteiger partial charge is 0.480 e. The van der Waals surface area contributed by atoms with Crippen molar-refractivity contribution in [2.45, 2.75) is 38.0 Å². The fourth-order valence-electron chi connectivity index (χ4n) is 1.79. The van der Waals surface area contributed by atoms with E-state index in [9.17, 15) is 14.7 Å². The molecule has 1 amide bonds. The van der Waals surface area contributed by atoms with E-state index in [2.05, 4.69) is 5.32 Å². The number of rotatable bonds is 7. The van der Waals surface area contributed by atoms with E-state index in [1.807, 2.05) is 30.3 Å². The third-order valence-electron chi connectivity index (χ3n) is 2.98. The quantitative estimate of drug-likeness (QED) is 0.578. The Morgan fingerprint density at radius 1 is 1.30 bits per heavy atom. The number of benzene rings is 1. The van der Waals surface area contributed by atoms with Crippen LogP contribution in [0.1, 0.15) is 31.4 Å². The highest BCUT2D eigenvalue weighted by Gasteiger charge is 2.24. The first-order chi connectivity index (χ1) is 9.41. The van der Waals surface area contributed by atoms with E-state index in [4.69, 9.17) is 10.8 Å². The van der Waals surface area contributed by atoms with Crippen LogP contribution in [0.15, 0.2) is 30.3 Å². The number of hydrogen-bond acceptors (Lipinski definition) is 4. The Balaban J connectivity index is 2.45. The summed E-state index contributed by atoms with van der Waals surface area (Å²) in [4.78, 5) is 22.5. The highest BCUT2D eigenvalue weighted by Crippen LogP contribution is 2.14. The molecule has 0 saturated heterocycles. The second-order valence-electron chi connectivity index (χ2n) is 4.68. The Hall–Kier alpha value is -1.92. The lowest BCUT2D eigenvalue weighted by atomic mass is 10.0. The molecule has 0 fully saturated rings. The smallest absolute Gasteiger partial charge is 0.328 e. The maximum atomic E-state index is 11.7. The average Bonchev–Trinajstić information content (AvgIpc) is 2.42. The van der Waals surface area contributed by atoms with Crippen LogP contribution in [-0.2, 0) is 9.59 Å². The number of aliphatic hydroxyl groups excluding tert-OH is 1. The molecule has 0 bridgehead atoms. The Bertz CT molecular complexity index is 448. The molecule has 0 aromatic heterocycles. The summed E-state index contributed by atoms with van der Waals surface area (Å²) in [6, 6.07) is 7.78. The first-order valence-corrected chi connectivity index (χ1v) is 6.42. The van der Waals surface area contributed by atoms with Gasteiger partial charge in [-0.15, -0.1) is 0 Å². The van der Waals surface area contributed by atoms with E-state index in [0.717, 1.165) is 5.56 Å². The minimum Gasteiger partial charge on any atom is -0.480 e. The molecule has 3 unspecified atom stereocenters. The van der Waals surface area contributed by atoms with E-state index < -0.39 is 24.0 Å². The third-order valence-corrected chi connectivity index (χ3v) is 2.98. The molecule has 20 heavy (non-hydrogen) atoms. The molecule has 0 saturated carbocycles. The van der Waals surface area contributed by atoms with Crippen LogP contribution >= 0.6 is 0 Å². The lowest BCUT2D eigenvalue weighted by molar-refractivity contribution is -0.144. The Kier molecular flexibility index (Phi) is 6.14. The van der Waals surface area contributed by atoms with Crippen molar-refractivity contribution in [2.75, 3.05) is 0 Å². The van der Waals surface area contributed by atoms with Gasteiger partial charge in [0.05, 0.1) is 6.10 Å². The molecule has 1 rings (SSSR count). The average molecular weight is 280 g/mol. The molecule has 1 aromatic carbocycles. The van der Waals surface area contributed by atoms with Gasteiger partial charge in [-0.1, -0.05) is 30.3 Å². The van der Waals surface area contributed by atoms with Crippen molar-refractivity contribution in [3.8, 4) is 0 Å². The van der Waals surface area contributed by atoms with Crippen LogP contribution < -0.4 is 11.1 Å². The zero-order valence-electron chi connectivity index (χ0n) is 11.3. The van der Waals surface area contributed by atoms with Crippen molar-refractivity contribution in [2.24, 2.45) is 5.73 Å². The minimum atomic E-state index is -1.30. The number of nitrogens with one attached hydrogen (secondary N) is 1. The lowest BCUT2D eigenvalue weighted by Gasteiger charge is -2.18. The van der Waals surface area contributed by atoms with Gasteiger partial charge >= 0.3 is 5.97 Å². The predicted octanol–water partition coefficient (Wildman–Crippen LogP) is 0.417. The molecule has 5 N–H and O–H groups in total. The van der Waals surface area contributed by atoms with Crippen molar-refractivity contribution in [1.29, 1.82) is 0 Å². The van der Waals surface area contributed by atoms with E-state index >= 15 is 0 Å². The van der Waals surface area contributed by atoms with Crippen molar-refractivity contribution in [3.63, 3.8) is 0 Å². The fourth-order valence-corrected chi connectivity index (χ4v) is 1.79. The van der Waals surface area contributed by atoms with Crippen LogP contribution in [0.3, 0.4) is 0 Å². The SMILES string of the molecule is CC(O)C(NC(=O)CCC(N)c1ccccc1)C(=O)O. The molecule has 0 aliphatic heterocycles. The third kappa shape index (κ3) is 4.99. The number of hydrogen-bond donors (Lipinski definition) is 4. The molecule has 6 nitrogen and oxygen atoms in total. The van der Waals surface area contributed by atoms with Crippen molar-refractivity contribution < 1.29 is 19.8 Å². The zero-order chi connectivity index (χ0) is 15.1. The van der Waals surface area contributed by atoms with Gasteiger partial charge in [-0.2, -0.15) is 0 Å². The second kappa shape index (κ2) is 7.62. The minimum absolute atomic E-state index is 0.104. The summed E-state index contributed by atoms with van der Waals surface area (Å²) in [7, 11) is 0. The molecule has 0 spiro atoms. The summed E-state index contributed by atoms with van der Waals surface area (Å²) >= 11 is 0. The van der Waals surface area contributed by atoms with Gasteiger partial charge < -0.3 is 21.3 Å². The topological polar surface area (TPSA) is 113 Å². The number of carbonyl (C=O) groups is 2. The van der Waals surface area contributed by atoms with Crippen LogP contribution in [0, 0.1) is 0 Å². The number of aliphatic hydroxyl groups is 1. The summed E-state index contributed by atoms with van der Waals surface area (Å²) < 4.78 is 0. The maximum Gasteiger partial charge on any atom is 0.328 e. The van der Waals surface area contributed by atoms with E-state index in [1.165, 1.54) is 6.92 Å². The molecular formula is C14H20N2O4. The van der Waals surface area contributed by atoms with E-state index in [-0.39, 0.29) is 12.5 Å². The van der Waals surface area contributed by atoms with Gasteiger partial charge in [-0.25, -0.2) is 4.79 Å². The molecule has 3 atom stereocenters. The molecular weight excluding hydrogens is 260 g/mol. The van der Waals surface area contributed by atoms with E-state index in [1.54, 1.807) is 0 Å². The number of aliphatic carboxylic acids is 1. The van der Waals surface area contributed by atoms with Crippen molar-refractivity contribution in [3.05, 3.63) is 35.9 Å². The summed E-state index contributed by atoms with van der Waals surface area (Å²) in [6.45, 7) is 1.31. The van der Waals surface area contributed by atoms with Gasteiger partial charge in [0.25, 0.3) is 0 Å². The van der Waals surface area contributed by atoms with Crippen LogP contribution in [0.2, 0.25) is 0 Å². The van der Waals surface area contributed by atoms with Crippen LogP contribution in [0.25, 0.3) is 0 Å². The molecule has 0 aliphatic carbocycles. The number of amides is 1. The highest BCUT2D eigenvalue weighted by atomic mass is 16.4. The Labute approximate surface area is 117 Å². The first-order valence-electron chi connectivity index (χ1n) is 6.42. The Morgan fingerprint density at radius 2 is 1.90 bits per heavy atom. The summed E-state index contributed by atoms with van der Waals surface area (Å²) in [5.74, 6) is -1.70. The number of nitrogens with two attached hydrogens (primary N) is 1. The zero-order valence-corrected chi connectivity index (χ0v) is 11.3. The van der Waals surface area contributed by atoms with Crippen LogP contribution in [0.5, 0.6) is 0 Å². The number of carboxylic acid groups (broad SMARTS) is 1. The molecule has 0 aliphatic rings. The summed E-state index contributed by atoms with van der Waals surface area (Å²) in [5.41, 5.74) is 6.87. The standard InChI is InChI=1S/C14H20N2O4/c1-9(17)13(14(19)20)16-12(18)8-7-11(15)10-5-3-2-4-6-10/h2-6,9,11,13,17H,7-8,15H2,1H3,(H,16,18)(H,19,20). The van der Waals surface area contributed by atoms with Crippen LogP contribution in [-0.4, -0.2) is 34.2 Å². The fraction of sp³-hybridized carbons (Fsp3) is 0.429. The van der Waals surface area contributed by atoms with Gasteiger partial charge in [-0.05, 0) is 18.9 Å². The predicted molar refractivity (Wildman–Crippen MR) is 73.9 cm³/mol. The maximum absolute atomic E-state index is 11.7. The molecule has 0 radical (unpaired) electrons. The van der Waals surface area contributed by atoms with Gasteiger partial charge in [0.2, 0.25) is 5.91 Å². The summed E-state index contributed by atoms with van der Waals surface area (Å²) in [5, 5.41) is 20.4. The molecule has 6 heteroatoms. The normalized spacial score (nSPS) is 15.2. The van der Waals surface area contributed by atoms with Crippen molar-refractivity contribution in [1.82, 2.24) is 5.32 Å². The molecule has 110 valence electrons. The first kappa shape index (κ1) is 16.1. The molecule has 1 aromatic rings. The van der Waals surface area contributed by atoms with Crippen LogP contribution in [0.4, 0.5) is 0 Å². The second-order valence-corrected chi connectivity index (χ2v) is 4.68. The monoisotopic (exact) mass is 280 g/mol. The highest BCUT2D eigenvalue weighted by molar-refractivity contribution is 5.83. The van der Waals surface area contributed by atoms with Crippen molar-refractivity contribution >= 4 is 11.9 Å². The lowest BCUT2D eigenvalue weighted by Crippen LogP contribution is -2.47. The number of carbonyl (C=O) groups excluding carboxylic acids is 1. The number of carboxylic acids is 1. The summed E-state index contributed by atoms with van der Waals surface area (Å²) in [6.07, 6.45) is -0.645. The Morgan fingerprint density at radius 3 is 2.40 bits per heavy atom. The molecule has 0 heterocycles. The van der Waals surface area contributed by atoms with Gasteiger partial charge in [0.1, 0.15) is 0 Å². The van der Waals surface area contributed by atoms with E-state index in [0.29, 0.717) is 6.42 Å². The van der Waals surface area contributed by atoms with Gasteiger partial charge in [0.15, 0.2) is 6.04 Å². The van der Waals surface area contributed by atoms with Gasteiger partial charge in [-0.3, -0.25) is 4.79 Å². The van der Waals surface area contributed by atoms with Gasteiger partial charge in [0, 0.05) is 12.5 Å².